The molecule has 0 amide bonds. The van der Waals surface area contributed by atoms with E-state index in [1.165, 1.54) is 0 Å². The SMILES string of the molecule is CCCC(CCO)CNCc1ccc(C(=O)O)cc1Br. The van der Waals surface area contributed by atoms with E-state index >= 15 is 0 Å². The summed E-state index contributed by atoms with van der Waals surface area (Å²) in [6, 6.07) is 5.05. The number of aliphatic hydroxyl groups excluding tert-OH is 1. The van der Waals surface area contributed by atoms with E-state index in [0.717, 1.165) is 35.8 Å². The maximum atomic E-state index is 10.9. The fraction of sp³-hybridized carbons (Fsp3) is 0.533. The van der Waals surface area contributed by atoms with E-state index in [0.29, 0.717) is 12.5 Å². The van der Waals surface area contributed by atoms with Crippen molar-refractivity contribution in [2.45, 2.75) is 32.7 Å². The number of hydrogen-bond donors (Lipinski definition) is 3. The van der Waals surface area contributed by atoms with E-state index in [9.17, 15) is 4.79 Å². The van der Waals surface area contributed by atoms with Crippen molar-refractivity contribution in [2.75, 3.05) is 13.2 Å². The Hall–Kier alpha value is -0.910. The topological polar surface area (TPSA) is 69.6 Å². The Labute approximate surface area is 128 Å². The molecule has 4 nitrogen and oxygen atoms in total. The molecule has 112 valence electrons. The van der Waals surface area contributed by atoms with E-state index in [1.54, 1.807) is 12.1 Å². The molecule has 5 heteroatoms. The van der Waals surface area contributed by atoms with Gasteiger partial charge < -0.3 is 15.5 Å². The van der Waals surface area contributed by atoms with Crippen molar-refractivity contribution in [2.24, 2.45) is 5.92 Å². The highest BCUT2D eigenvalue weighted by molar-refractivity contribution is 9.10. The van der Waals surface area contributed by atoms with Crippen LogP contribution >= 0.6 is 15.9 Å². The minimum absolute atomic E-state index is 0.226. The Balaban J connectivity index is 2.50. The number of hydrogen-bond acceptors (Lipinski definition) is 3. The van der Waals surface area contributed by atoms with Crippen LogP contribution in [0.2, 0.25) is 0 Å². The minimum Gasteiger partial charge on any atom is -0.478 e. The highest BCUT2D eigenvalue weighted by atomic mass is 79.9. The second-order valence-corrected chi connectivity index (χ2v) is 5.76. The predicted molar refractivity (Wildman–Crippen MR) is 82.9 cm³/mol. The normalized spacial score (nSPS) is 12.3. The van der Waals surface area contributed by atoms with Crippen LogP contribution in [0.4, 0.5) is 0 Å². The molecule has 0 bridgehead atoms. The van der Waals surface area contributed by atoms with Gasteiger partial charge in [-0.25, -0.2) is 4.79 Å². The third-order valence-electron chi connectivity index (χ3n) is 3.28. The van der Waals surface area contributed by atoms with Crippen LogP contribution in [0.5, 0.6) is 0 Å². The van der Waals surface area contributed by atoms with Gasteiger partial charge in [-0.2, -0.15) is 0 Å². The number of nitrogens with one attached hydrogen (secondary N) is 1. The second-order valence-electron chi connectivity index (χ2n) is 4.91. The summed E-state index contributed by atoms with van der Waals surface area (Å²) in [6.07, 6.45) is 3.04. The molecular weight excluding hydrogens is 322 g/mol. The zero-order valence-electron chi connectivity index (χ0n) is 11.7. The Kier molecular flexibility index (Phi) is 7.80. The van der Waals surface area contributed by atoms with Crippen molar-refractivity contribution < 1.29 is 15.0 Å². The number of aromatic carboxylic acids is 1. The average Bonchev–Trinajstić information content (AvgIpc) is 2.40. The van der Waals surface area contributed by atoms with Gasteiger partial charge in [0.15, 0.2) is 0 Å². The van der Waals surface area contributed by atoms with Crippen LogP contribution in [0, 0.1) is 5.92 Å². The molecule has 0 aliphatic carbocycles. The molecule has 0 heterocycles. The quantitative estimate of drug-likeness (QED) is 0.644. The van der Waals surface area contributed by atoms with Crippen molar-refractivity contribution in [1.29, 1.82) is 0 Å². The Morgan fingerprint density at radius 2 is 2.15 bits per heavy atom. The number of carboxylic acids is 1. The van der Waals surface area contributed by atoms with Gasteiger partial charge in [0.1, 0.15) is 0 Å². The van der Waals surface area contributed by atoms with Gasteiger partial charge >= 0.3 is 5.97 Å². The fourth-order valence-corrected chi connectivity index (χ4v) is 2.69. The lowest BCUT2D eigenvalue weighted by atomic mass is 10.00. The Bertz CT molecular complexity index is 431. The molecule has 1 aromatic carbocycles. The first kappa shape index (κ1) is 17.1. The third kappa shape index (κ3) is 5.61. The highest BCUT2D eigenvalue weighted by Gasteiger charge is 2.09. The molecule has 0 aromatic heterocycles. The maximum Gasteiger partial charge on any atom is 0.335 e. The molecule has 1 unspecified atom stereocenters. The van der Waals surface area contributed by atoms with Gasteiger partial charge in [0, 0.05) is 17.6 Å². The number of carbonyl (C=O) groups is 1. The molecule has 0 saturated carbocycles. The van der Waals surface area contributed by atoms with Crippen molar-refractivity contribution in [3.63, 3.8) is 0 Å². The molecule has 3 N–H and O–H groups in total. The van der Waals surface area contributed by atoms with Crippen LogP contribution in [0.15, 0.2) is 22.7 Å². The second kappa shape index (κ2) is 9.10. The van der Waals surface area contributed by atoms with Crippen LogP contribution in [0.3, 0.4) is 0 Å². The van der Waals surface area contributed by atoms with Crippen molar-refractivity contribution in [3.8, 4) is 0 Å². The first-order chi connectivity index (χ1) is 9.58. The predicted octanol–water partition coefficient (Wildman–Crippen LogP) is 3.04. The van der Waals surface area contributed by atoms with Crippen LogP contribution in [-0.4, -0.2) is 29.3 Å². The minimum atomic E-state index is -0.920. The summed E-state index contributed by atoms with van der Waals surface area (Å²) in [5.41, 5.74) is 1.32. The maximum absolute atomic E-state index is 10.9. The van der Waals surface area contributed by atoms with Gasteiger partial charge in [0.2, 0.25) is 0 Å². The molecule has 0 radical (unpaired) electrons. The molecule has 0 fully saturated rings. The Morgan fingerprint density at radius 1 is 1.40 bits per heavy atom. The fourth-order valence-electron chi connectivity index (χ4n) is 2.17. The van der Waals surface area contributed by atoms with E-state index in [2.05, 4.69) is 28.2 Å². The number of aliphatic hydroxyl groups is 1. The molecular formula is C15H22BrNO3. The van der Waals surface area contributed by atoms with Crippen LogP contribution in [-0.2, 0) is 6.54 Å². The standard InChI is InChI=1S/C15H22BrNO3/c1-2-3-11(6-7-18)9-17-10-13-5-4-12(15(19)20)8-14(13)16/h4-5,8,11,17-18H,2-3,6-7,9-10H2,1H3,(H,19,20). The largest absolute Gasteiger partial charge is 0.478 e. The van der Waals surface area contributed by atoms with Crippen LogP contribution < -0.4 is 5.32 Å². The number of halogens is 1. The summed E-state index contributed by atoms with van der Waals surface area (Å²) in [5, 5.41) is 21.3. The summed E-state index contributed by atoms with van der Waals surface area (Å²) in [5.74, 6) is -0.432. The lowest BCUT2D eigenvalue weighted by Gasteiger charge is -2.16. The molecule has 0 saturated heterocycles. The van der Waals surface area contributed by atoms with Crippen molar-refractivity contribution in [3.05, 3.63) is 33.8 Å². The molecule has 0 aliphatic heterocycles. The van der Waals surface area contributed by atoms with Gasteiger partial charge in [-0.3, -0.25) is 0 Å². The van der Waals surface area contributed by atoms with Gasteiger partial charge in [0.25, 0.3) is 0 Å². The molecule has 0 spiro atoms. The first-order valence-corrected chi connectivity index (χ1v) is 7.71. The van der Waals surface area contributed by atoms with E-state index < -0.39 is 5.97 Å². The zero-order chi connectivity index (χ0) is 15.0. The average molecular weight is 344 g/mol. The summed E-state index contributed by atoms with van der Waals surface area (Å²) in [4.78, 5) is 10.9. The van der Waals surface area contributed by atoms with E-state index in [4.69, 9.17) is 10.2 Å². The van der Waals surface area contributed by atoms with Gasteiger partial charge in [-0.05, 0) is 43.0 Å². The molecule has 20 heavy (non-hydrogen) atoms. The van der Waals surface area contributed by atoms with Crippen molar-refractivity contribution in [1.82, 2.24) is 5.32 Å². The molecule has 1 atom stereocenters. The molecule has 0 aliphatic rings. The molecule has 1 rings (SSSR count). The summed E-state index contributed by atoms with van der Waals surface area (Å²) >= 11 is 3.40. The zero-order valence-corrected chi connectivity index (χ0v) is 13.3. The van der Waals surface area contributed by atoms with Crippen molar-refractivity contribution >= 4 is 21.9 Å². The lowest BCUT2D eigenvalue weighted by molar-refractivity contribution is 0.0697. The monoisotopic (exact) mass is 343 g/mol. The van der Waals surface area contributed by atoms with Gasteiger partial charge in [-0.1, -0.05) is 35.3 Å². The third-order valence-corrected chi connectivity index (χ3v) is 4.02. The smallest absolute Gasteiger partial charge is 0.335 e. The van der Waals surface area contributed by atoms with Crippen LogP contribution in [0.25, 0.3) is 0 Å². The summed E-state index contributed by atoms with van der Waals surface area (Å²) in [6.45, 7) is 3.92. The summed E-state index contributed by atoms with van der Waals surface area (Å²) in [7, 11) is 0. The van der Waals surface area contributed by atoms with Crippen LogP contribution in [0.1, 0.15) is 42.1 Å². The highest BCUT2D eigenvalue weighted by Crippen LogP contribution is 2.19. The Morgan fingerprint density at radius 3 is 2.70 bits per heavy atom. The summed E-state index contributed by atoms with van der Waals surface area (Å²) < 4.78 is 0.805. The number of rotatable bonds is 9. The number of benzene rings is 1. The number of carboxylic acid groups (broad SMARTS) is 1. The van der Waals surface area contributed by atoms with E-state index in [1.807, 2.05) is 6.07 Å². The van der Waals surface area contributed by atoms with Gasteiger partial charge in [-0.15, -0.1) is 0 Å². The van der Waals surface area contributed by atoms with E-state index in [-0.39, 0.29) is 12.2 Å². The lowest BCUT2D eigenvalue weighted by Crippen LogP contribution is -2.23. The molecule has 1 aromatic rings. The first-order valence-electron chi connectivity index (χ1n) is 6.91. The van der Waals surface area contributed by atoms with Gasteiger partial charge in [0.05, 0.1) is 5.56 Å².